The Hall–Kier alpha value is -0.770. The van der Waals surface area contributed by atoms with Crippen LogP contribution in [0.15, 0.2) is 0 Å². The summed E-state index contributed by atoms with van der Waals surface area (Å²) in [6.45, 7) is 0.840. The maximum Gasteiger partial charge on any atom is 0.217 e. The molecule has 1 rings (SSSR count). The first kappa shape index (κ1) is 16.3. The zero-order valence-electron chi connectivity index (χ0n) is 11.0. The van der Waals surface area contributed by atoms with Crippen LogP contribution in [0.1, 0.15) is 6.92 Å². The van der Waals surface area contributed by atoms with Crippen molar-refractivity contribution < 1.29 is 34.3 Å². The number of rotatable bonds is 7. The smallest absolute Gasteiger partial charge is 0.217 e. The Morgan fingerprint density at radius 2 is 2.26 bits per heavy atom. The molecule has 1 amide bonds. The molecule has 0 bridgehead atoms. The molecule has 112 valence electrons. The summed E-state index contributed by atoms with van der Waals surface area (Å²) in [7, 11) is 1.45. The number of carbonyl (C=O) groups excluding carboxylic acids is 1. The Bertz CT molecular complexity index is 288. The largest absolute Gasteiger partial charge is 0.394 e. The predicted molar refractivity (Wildman–Crippen MR) is 63.2 cm³/mol. The SMILES string of the molecule is COCO[C@@H]1CO[C@H]([C@@H](NC(C)=O)C(O)CO)[C@@H]1O. The maximum atomic E-state index is 11.1. The first-order valence-electron chi connectivity index (χ1n) is 5.97. The van der Waals surface area contributed by atoms with Gasteiger partial charge in [-0.1, -0.05) is 0 Å². The Kier molecular flexibility index (Phi) is 6.63. The van der Waals surface area contributed by atoms with Crippen LogP contribution in [0.5, 0.6) is 0 Å². The minimum absolute atomic E-state index is 0.00512. The van der Waals surface area contributed by atoms with Crippen LogP contribution in [0.4, 0.5) is 0 Å². The molecule has 19 heavy (non-hydrogen) atoms. The van der Waals surface area contributed by atoms with Gasteiger partial charge in [-0.05, 0) is 0 Å². The summed E-state index contributed by atoms with van der Waals surface area (Å²) in [6, 6.07) is -0.909. The fraction of sp³-hybridized carbons (Fsp3) is 0.909. The highest BCUT2D eigenvalue weighted by molar-refractivity contribution is 5.73. The van der Waals surface area contributed by atoms with E-state index in [-0.39, 0.29) is 13.4 Å². The van der Waals surface area contributed by atoms with Gasteiger partial charge in [0.1, 0.15) is 25.1 Å². The van der Waals surface area contributed by atoms with Crippen molar-refractivity contribution >= 4 is 5.91 Å². The van der Waals surface area contributed by atoms with E-state index < -0.39 is 43.0 Å². The van der Waals surface area contributed by atoms with E-state index in [0.717, 1.165) is 0 Å². The van der Waals surface area contributed by atoms with Gasteiger partial charge in [0.05, 0.1) is 25.4 Å². The number of hydrogen-bond acceptors (Lipinski definition) is 7. The third kappa shape index (κ3) is 4.37. The molecule has 8 nitrogen and oxygen atoms in total. The lowest BCUT2D eigenvalue weighted by Gasteiger charge is -2.29. The monoisotopic (exact) mass is 279 g/mol. The number of hydrogen-bond donors (Lipinski definition) is 4. The highest BCUT2D eigenvalue weighted by Gasteiger charge is 2.44. The van der Waals surface area contributed by atoms with Crippen LogP contribution in [0.25, 0.3) is 0 Å². The zero-order valence-corrected chi connectivity index (χ0v) is 11.0. The van der Waals surface area contributed by atoms with Crippen molar-refractivity contribution in [2.45, 2.75) is 37.4 Å². The standard InChI is InChI=1S/C11H21NO7/c1-6(14)12-9(7(15)3-13)11-10(16)8(4-18-11)19-5-17-2/h7-11,13,15-16H,3-5H2,1-2H3,(H,12,14)/t7?,8-,9+,10-,11-/m1/s1. The second kappa shape index (κ2) is 7.73. The normalized spacial score (nSPS) is 30.1. The van der Waals surface area contributed by atoms with Gasteiger partial charge in [-0.2, -0.15) is 0 Å². The van der Waals surface area contributed by atoms with E-state index in [4.69, 9.17) is 19.3 Å². The van der Waals surface area contributed by atoms with Crippen LogP contribution in [-0.2, 0) is 19.0 Å². The summed E-state index contributed by atoms with van der Waals surface area (Å²) >= 11 is 0. The zero-order chi connectivity index (χ0) is 14.4. The fourth-order valence-electron chi connectivity index (χ4n) is 1.98. The average Bonchev–Trinajstić information content (AvgIpc) is 2.73. The quantitative estimate of drug-likeness (QED) is 0.383. The van der Waals surface area contributed by atoms with Crippen LogP contribution < -0.4 is 5.32 Å². The van der Waals surface area contributed by atoms with Crippen molar-refractivity contribution in [3.63, 3.8) is 0 Å². The molecular weight excluding hydrogens is 258 g/mol. The molecule has 4 N–H and O–H groups in total. The van der Waals surface area contributed by atoms with E-state index in [1.165, 1.54) is 14.0 Å². The molecule has 1 heterocycles. The third-order valence-electron chi connectivity index (χ3n) is 2.90. The van der Waals surface area contributed by atoms with Gasteiger partial charge in [0.25, 0.3) is 0 Å². The highest BCUT2D eigenvalue weighted by atomic mass is 16.7. The first-order chi connectivity index (χ1) is 9.01. The van der Waals surface area contributed by atoms with Crippen LogP contribution in [-0.4, -0.2) is 78.8 Å². The van der Waals surface area contributed by atoms with Crippen LogP contribution >= 0.6 is 0 Å². The Morgan fingerprint density at radius 3 is 2.79 bits per heavy atom. The van der Waals surface area contributed by atoms with E-state index >= 15 is 0 Å². The molecule has 5 atom stereocenters. The van der Waals surface area contributed by atoms with Gasteiger partial charge < -0.3 is 34.8 Å². The molecule has 0 radical (unpaired) electrons. The molecule has 0 aromatic carbocycles. The Labute approximate surface area is 111 Å². The molecule has 0 aromatic heterocycles. The summed E-state index contributed by atoms with van der Waals surface area (Å²) in [5.74, 6) is -0.394. The molecule has 1 fully saturated rings. The molecule has 0 saturated carbocycles. The second-order valence-corrected chi connectivity index (χ2v) is 4.38. The molecule has 0 aliphatic carbocycles. The topological polar surface area (TPSA) is 117 Å². The van der Waals surface area contributed by atoms with Gasteiger partial charge in [-0.15, -0.1) is 0 Å². The number of amides is 1. The van der Waals surface area contributed by atoms with Gasteiger partial charge >= 0.3 is 0 Å². The summed E-state index contributed by atoms with van der Waals surface area (Å²) < 4.78 is 15.3. The van der Waals surface area contributed by atoms with Gasteiger partial charge in [-0.3, -0.25) is 4.79 Å². The van der Waals surface area contributed by atoms with Crippen molar-refractivity contribution in [3.8, 4) is 0 Å². The first-order valence-corrected chi connectivity index (χ1v) is 5.97. The van der Waals surface area contributed by atoms with E-state index in [2.05, 4.69) is 5.32 Å². The second-order valence-electron chi connectivity index (χ2n) is 4.38. The minimum atomic E-state index is -1.23. The van der Waals surface area contributed by atoms with E-state index in [9.17, 15) is 15.0 Å². The minimum Gasteiger partial charge on any atom is -0.394 e. The fourth-order valence-corrected chi connectivity index (χ4v) is 1.98. The summed E-state index contributed by atoms with van der Waals surface area (Å²) in [4.78, 5) is 11.1. The van der Waals surface area contributed by atoms with Crippen LogP contribution in [0, 0.1) is 0 Å². The van der Waals surface area contributed by atoms with Crippen molar-refractivity contribution in [3.05, 3.63) is 0 Å². The molecule has 1 unspecified atom stereocenters. The summed E-state index contributed by atoms with van der Waals surface area (Å²) in [6.07, 6.45) is -3.72. The number of nitrogens with one attached hydrogen (secondary N) is 1. The third-order valence-corrected chi connectivity index (χ3v) is 2.90. The summed E-state index contributed by atoms with van der Waals surface area (Å²) in [5.41, 5.74) is 0. The van der Waals surface area contributed by atoms with Crippen molar-refractivity contribution in [1.29, 1.82) is 0 Å². The Morgan fingerprint density at radius 1 is 1.58 bits per heavy atom. The lowest BCUT2D eigenvalue weighted by Crippen LogP contribution is -2.55. The summed E-state index contributed by atoms with van der Waals surface area (Å²) in [5, 5.41) is 31.2. The number of aliphatic hydroxyl groups excluding tert-OH is 3. The molecule has 1 aliphatic rings. The number of ether oxygens (including phenoxy) is 3. The average molecular weight is 279 g/mol. The van der Waals surface area contributed by atoms with E-state index in [1.54, 1.807) is 0 Å². The van der Waals surface area contributed by atoms with E-state index in [1.807, 2.05) is 0 Å². The molecule has 0 aromatic rings. The van der Waals surface area contributed by atoms with Crippen molar-refractivity contribution in [2.75, 3.05) is 27.1 Å². The maximum absolute atomic E-state index is 11.1. The molecule has 0 spiro atoms. The van der Waals surface area contributed by atoms with Crippen LogP contribution in [0.2, 0.25) is 0 Å². The number of methoxy groups -OCH3 is 1. The molecular formula is C11H21NO7. The lowest BCUT2D eigenvalue weighted by atomic mass is 9.99. The van der Waals surface area contributed by atoms with Gasteiger partial charge in [0, 0.05) is 14.0 Å². The van der Waals surface area contributed by atoms with Gasteiger partial charge in [-0.25, -0.2) is 0 Å². The number of carbonyl (C=O) groups is 1. The van der Waals surface area contributed by atoms with Gasteiger partial charge in [0.15, 0.2) is 0 Å². The lowest BCUT2D eigenvalue weighted by molar-refractivity contribution is -0.124. The molecule has 8 heteroatoms. The number of aliphatic hydroxyl groups is 3. The van der Waals surface area contributed by atoms with Gasteiger partial charge in [0.2, 0.25) is 5.91 Å². The molecule has 1 aliphatic heterocycles. The predicted octanol–water partition coefficient (Wildman–Crippen LogP) is -2.41. The molecule has 1 saturated heterocycles. The highest BCUT2D eigenvalue weighted by Crippen LogP contribution is 2.22. The van der Waals surface area contributed by atoms with Crippen molar-refractivity contribution in [2.24, 2.45) is 0 Å². The van der Waals surface area contributed by atoms with E-state index in [0.29, 0.717) is 0 Å². The Balaban J connectivity index is 2.66. The van der Waals surface area contributed by atoms with Crippen molar-refractivity contribution in [1.82, 2.24) is 5.32 Å². The van der Waals surface area contributed by atoms with Crippen LogP contribution in [0.3, 0.4) is 0 Å².